The Morgan fingerprint density at radius 3 is 2.71 bits per heavy atom. The highest BCUT2D eigenvalue weighted by atomic mass is 16.5. The molecule has 1 N–H and O–H groups in total. The van der Waals surface area contributed by atoms with Crippen LogP contribution in [0.5, 0.6) is 0 Å². The molecular formula is C14H25NO2. The standard InChI is InChI=1S/C14H25NO2/c1-9(2)15-7-14(16)6-5-10-11(13(10,3)4)12(14)17-8-15/h9-12,16H,5-8H2,1-4H3/t10-,11-,12?,14+/m0/s1. The van der Waals surface area contributed by atoms with Crippen molar-refractivity contribution in [3.05, 3.63) is 0 Å². The van der Waals surface area contributed by atoms with E-state index in [0.29, 0.717) is 24.1 Å². The van der Waals surface area contributed by atoms with Gasteiger partial charge in [-0.15, -0.1) is 0 Å². The Hall–Kier alpha value is -0.120. The molecule has 0 aromatic carbocycles. The van der Waals surface area contributed by atoms with E-state index < -0.39 is 5.60 Å². The Kier molecular flexibility index (Phi) is 2.43. The highest BCUT2D eigenvalue weighted by Gasteiger charge is 2.68. The molecule has 0 bridgehead atoms. The zero-order chi connectivity index (χ0) is 12.4. The molecule has 1 aliphatic heterocycles. The molecule has 17 heavy (non-hydrogen) atoms. The van der Waals surface area contributed by atoms with E-state index in [0.717, 1.165) is 18.9 Å². The molecule has 4 atom stereocenters. The molecule has 1 unspecified atom stereocenters. The van der Waals surface area contributed by atoms with E-state index in [1.807, 2.05) is 0 Å². The maximum Gasteiger partial charge on any atom is 0.104 e. The summed E-state index contributed by atoms with van der Waals surface area (Å²) in [6.07, 6.45) is 2.15. The summed E-state index contributed by atoms with van der Waals surface area (Å²) in [5.41, 5.74) is -0.216. The summed E-state index contributed by atoms with van der Waals surface area (Å²) >= 11 is 0. The molecule has 0 aromatic rings. The van der Waals surface area contributed by atoms with Crippen molar-refractivity contribution < 1.29 is 9.84 Å². The van der Waals surface area contributed by atoms with Crippen molar-refractivity contribution in [3.63, 3.8) is 0 Å². The third kappa shape index (κ3) is 1.59. The van der Waals surface area contributed by atoms with Crippen molar-refractivity contribution >= 4 is 0 Å². The number of aliphatic hydroxyl groups is 1. The molecule has 3 aliphatic rings. The number of hydrogen-bond acceptors (Lipinski definition) is 3. The average Bonchev–Trinajstić information content (AvgIpc) is 2.79. The van der Waals surface area contributed by atoms with Gasteiger partial charge in [-0.05, 0) is 43.9 Å². The van der Waals surface area contributed by atoms with Crippen LogP contribution < -0.4 is 0 Å². The first-order valence-electron chi connectivity index (χ1n) is 6.94. The Bertz CT molecular complexity index is 328. The van der Waals surface area contributed by atoms with Crippen molar-refractivity contribution in [2.45, 2.75) is 58.3 Å². The van der Waals surface area contributed by atoms with Crippen molar-refractivity contribution in [2.75, 3.05) is 13.3 Å². The predicted molar refractivity (Wildman–Crippen MR) is 66.5 cm³/mol. The zero-order valence-corrected chi connectivity index (χ0v) is 11.4. The molecule has 0 aromatic heterocycles. The minimum Gasteiger partial charge on any atom is -0.386 e. The van der Waals surface area contributed by atoms with Crippen molar-refractivity contribution in [1.29, 1.82) is 0 Å². The highest BCUT2D eigenvalue weighted by Crippen LogP contribution is 2.67. The molecule has 3 fully saturated rings. The van der Waals surface area contributed by atoms with Crippen LogP contribution >= 0.6 is 0 Å². The molecule has 2 saturated carbocycles. The normalized spacial score (nSPS) is 48.7. The average molecular weight is 239 g/mol. The Morgan fingerprint density at radius 1 is 1.35 bits per heavy atom. The van der Waals surface area contributed by atoms with E-state index in [1.165, 1.54) is 6.42 Å². The van der Waals surface area contributed by atoms with Crippen LogP contribution in [0.15, 0.2) is 0 Å². The zero-order valence-electron chi connectivity index (χ0n) is 11.4. The minimum absolute atomic E-state index is 0.0752. The van der Waals surface area contributed by atoms with Gasteiger partial charge in [0.25, 0.3) is 0 Å². The summed E-state index contributed by atoms with van der Waals surface area (Å²) in [5, 5.41) is 10.9. The number of nitrogens with zero attached hydrogens (tertiary/aromatic N) is 1. The first-order valence-corrected chi connectivity index (χ1v) is 6.94. The Balaban J connectivity index is 1.79. The van der Waals surface area contributed by atoms with Crippen LogP contribution in [0.3, 0.4) is 0 Å². The van der Waals surface area contributed by atoms with E-state index in [4.69, 9.17) is 4.74 Å². The molecule has 0 spiro atoms. The van der Waals surface area contributed by atoms with Gasteiger partial charge in [0.1, 0.15) is 5.60 Å². The van der Waals surface area contributed by atoms with E-state index in [2.05, 4.69) is 32.6 Å². The SMILES string of the molecule is CC(C)N1COC2[C@@H]3[C@H](CC[C@@]2(O)C1)C3(C)C. The highest BCUT2D eigenvalue weighted by molar-refractivity contribution is 5.17. The van der Waals surface area contributed by atoms with Crippen LogP contribution in [0.1, 0.15) is 40.5 Å². The molecule has 3 rings (SSSR count). The molecule has 1 heterocycles. The van der Waals surface area contributed by atoms with Gasteiger partial charge in [-0.3, -0.25) is 4.90 Å². The molecule has 98 valence electrons. The second-order valence-corrected chi connectivity index (χ2v) is 7.15. The molecule has 0 radical (unpaired) electrons. The van der Waals surface area contributed by atoms with Crippen LogP contribution in [-0.4, -0.2) is 41.0 Å². The van der Waals surface area contributed by atoms with Crippen LogP contribution in [0.2, 0.25) is 0 Å². The summed E-state index contributed by atoms with van der Waals surface area (Å²) in [4.78, 5) is 2.24. The first-order chi connectivity index (χ1) is 7.86. The molecule has 0 amide bonds. The van der Waals surface area contributed by atoms with Gasteiger partial charge in [0.05, 0.1) is 12.8 Å². The number of rotatable bonds is 1. The van der Waals surface area contributed by atoms with Crippen LogP contribution in [0, 0.1) is 17.3 Å². The third-order valence-corrected chi connectivity index (χ3v) is 5.51. The summed E-state index contributed by atoms with van der Waals surface area (Å²) in [5.74, 6) is 1.36. The Labute approximate surface area is 104 Å². The maximum absolute atomic E-state index is 10.9. The number of hydrogen-bond donors (Lipinski definition) is 1. The van der Waals surface area contributed by atoms with Gasteiger partial charge >= 0.3 is 0 Å². The second-order valence-electron chi connectivity index (χ2n) is 7.15. The topological polar surface area (TPSA) is 32.7 Å². The first kappa shape index (κ1) is 11.9. The van der Waals surface area contributed by atoms with E-state index >= 15 is 0 Å². The molecule has 1 saturated heterocycles. The smallest absolute Gasteiger partial charge is 0.104 e. The van der Waals surface area contributed by atoms with E-state index in [9.17, 15) is 5.11 Å². The van der Waals surface area contributed by atoms with Crippen molar-refractivity contribution in [3.8, 4) is 0 Å². The van der Waals surface area contributed by atoms with Gasteiger partial charge in [-0.2, -0.15) is 0 Å². The third-order valence-electron chi connectivity index (χ3n) is 5.51. The fourth-order valence-electron chi connectivity index (χ4n) is 4.15. The van der Waals surface area contributed by atoms with Crippen molar-refractivity contribution in [2.24, 2.45) is 17.3 Å². The Morgan fingerprint density at radius 2 is 2.06 bits per heavy atom. The van der Waals surface area contributed by atoms with Gasteiger partial charge in [0, 0.05) is 12.6 Å². The van der Waals surface area contributed by atoms with Gasteiger partial charge in [0.2, 0.25) is 0 Å². The lowest BCUT2D eigenvalue weighted by Gasteiger charge is -2.48. The summed E-state index contributed by atoms with van der Waals surface area (Å²) in [7, 11) is 0. The van der Waals surface area contributed by atoms with Crippen LogP contribution in [-0.2, 0) is 4.74 Å². The van der Waals surface area contributed by atoms with Gasteiger partial charge < -0.3 is 9.84 Å². The van der Waals surface area contributed by atoms with E-state index in [1.54, 1.807) is 0 Å². The second kappa shape index (κ2) is 3.46. The lowest BCUT2D eigenvalue weighted by Crippen LogP contribution is -2.61. The monoisotopic (exact) mass is 239 g/mol. The molecule has 3 heteroatoms. The summed E-state index contributed by atoms with van der Waals surface area (Å²) < 4.78 is 6.02. The summed E-state index contributed by atoms with van der Waals surface area (Å²) in [6, 6.07) is 0.449. The molecule has 2 aliphatic carbocycles. The minimum atomic E-state index is -0.600. The quantitative estimate of drug-likeness (QED) is 0.758. The number of fused-ring (bicyclic) bond motifs is 3. The lowest BCUT2D eigenvalue weighted by molar-refractivity contribution is -0.217. The largest absolute Gasteiger partial charge is 0.386 e. The lowest BCUT2D eigenvalue weighted by atomic mass is 9.80. The van der Waals surface area contributed by atoms with Gasteiger partial charge in [0.15, 0.2) is 0 Å². The van der Waals surface area contributed by atoms with Crippen molar-refractivity contribution in [1.82, 2.24) is 4.90 Å². The number of ether oxygens (including phenoxy) is 1. The van der Waals surface area contributed by atoms with Crippen LogP contribution in [0.25, 0.3) is 0 Å². The number of β-amino-alcohol motifs (C(OH)–C–C–N with tert-alkyl or cyclic N) is 1. The fourth-order valence-corrected chi connectivity index (χ4v) is 4.15. The van der Waals surface area contributed by atoms with E-state index in [-0.39, 0.29) is 6.10 Å². The predicted octanol–water partition coefficient (Wildman–Crippen LogP) is 1.85. The molecule has 3 nitrogen and oxygen atoms in total. The molecular weight excluding hydrogens is 214 g/mol. The van der Waals surface area contributed by atoms with Gasteiger partial charge in [-0.1, -0.05) is 13.8 Å². The summed E-state index contributed by atoms with van der Waals surface area (Å²) in [6.45, 7) is 10.5. The maximum atomic E-state index is 10.9. The van der Waals surface area contributed by atoms with Gasteiger partial charge in [-0.25, -0.2) is 0 Å². The van der Waals surface area contributed by atoms with Crippen LogP contribution in [0.4, 0.5) is 0 Å². The fraction of sp³-hybridized carbons (Fsp3) is 1.00.